The number of pyridine rings is 1. The molecule has 0 aliphatic carbocycles. The molecule has 1 aromatic carbocycles. The van der Waals surface area contributed by atoms with Gasteiger partial charge in [-0.05, 0) is 30.7 Å². The van der Waals surface area contributed by atoms with E-state index in [0.29, 0.717) is 0 Å². The van der Waals surface area contributed by atoms with Crippen LogP contribution in [0.1, 0.15) is 12.0 Å². The molecule has 2 aromatic rings. The van der Waals surface area contributed by atoms with E-state index in [1.54, 1.807) is 6.20 Å². The Hall–Kier alpha value is -2.36. The van der Waals surface area contributed by atoms with Crippen LogP contribution in [0.25, 0.3) is 0 Å². The Balaban J connectivity index is 1.91. The topological polar surface area (TPSA) is 49.3 Å². The minimum atomic E-state index is 0.835. The number of hydrogen-bond acceptors (Lipinski definition) is 4. The minimum Gasteiger partial charge on any atom is -0.370 e. The SMILES string of the molecule is c1ccc(Nc2ncccc2C2=NCCCN2)cc1. The number of anilines is 2. The van der Waals surface area contributed by atoms with Crippen LogP contribution >= 0.6 is 0 Å². The van der Waals surface area contributed by atoms with Crippen molar-refractivity contribution in [3.05, 3.63) is 54.2 Å². The maximum atomic E-state index is 4.53. The number of aromatic nitrogens is 1. The van der Waals surface area contributed by atoms with Gasteiger partial charge in [0.15, 0.2) is 0 Å². The zero-order chi connectivity index (χ0) is 12.9. The van der Waals surface area contributed by atoms with Crippen molar-refractivity contribution in [2.75, 3.05) is 18.4 Å². The van der Waals surface area contributed by atoms with Gasteiger partial charge in [-0.1, -0.05) is 18.2 Å². The average molecular weight is 252 g/mol. The fourth-order valence-corrected chi connectivity index (χ4v) is 2.07. The van der Waals surface area contributed by atoms with Crippen molar-refractivity contribution in [3.8, 4) is 0 Å². The zero-order valence-electron chi connectivity index (χ0n) is 10.6. The van der Waals surface area contributed by atoms with E-state index in [1.165, 1.54) is 0 Å². The first kappa shape index (κ1) is 11.7. The predicted molar refractivity (Wildman–Crippen MR) is 78.0 cm³/mol. The highest BCUT2D eigenvalue weighted by atomic mass is 15.0. The Morgan fingerprint density at radius 3 is 2.74 bits per heavy atom. The molecule has 19 heavy (non-hydrogen) atoms. The molecule has 4 nitrogen and oxygen atoms in total. The Morgan fingerprint density at radius 2 is 1.95 bits per heavy atom. The first-order valence-corrected chi connectivity index (χ1v) is 6.49. The maximum absolute atomic E-state index is 4.53. The van der Waals surface area contributed by atoms with Gasteiger partial charge in [0, 0.05) is 25.0 Å². The lowest BCUT2D eigenvalue weighted by atomic mass is 10.2. The molecule has 1 aliphatic heterocycles. The number of benzene rings is 1. The first-order valence-electron chi connectivity index (χ1n) is 6.49. The van der Waals surface area contributed by atoms with Crippen molar-refractivity contribution in [1.29, 1.82) is 0 Å². The van der Waals surface area contributed by atoms with Crippen molar-refractivity contribution in [2.24, 2.45) is 4.99 Å². The van der Waals surface area contributed by atoms with Gasteiger partial charge in [0.2, 0.25) is 0 Å². The third-order valence-corrected chi connectivity index (χ3v) is 3.00. The minimum absolute atomic E-state index is 0.835. The van der Waals surface area contributed by atoms with Gasteiger partial charge in [0.25, 0.3) is 0 Å². The lowest BCUT2D eigenvalue weighted by Crippen LogP contribution is -2.30. The van der Waals surface area contributed by atoms with Crippen molar-refractivity contribution in [2.45, 2.75) is 6.42 Å². The molecule has 1 aromatic heterocycles. The molecule has 0 unspecified atom stereocenters. The van der Waals surface area contributed by atoms with Crippen LogP contribution in [0.4, 0.5) is 11.5 Å². The van der Waals surface area contributed by atoms with Crippen LogP contribution in [-0.2, 0) is 0 Å². The molecule has 1 aliphatic rings. The summed E-state index contributed by atoms with van der Waals surface area (Å²) in [5.74, 6) is 1.76. The van der Waals surface area contributed by atoms with Gasteiger partial charge in [-0.25, -0.2) is 4.98 Å². The summed E-state index contributed by atoms with van der Waals surface area (Å²) in [7, 11) is 0. The van der Waals surface area contributed by atoms with Crippen LogP contribution in [0, 0.1) is 0 Å². The number of para-hydroxylation sites is 1. The number of aliphatic imine (C=N–C) groups is 1. The smallest absolute Gasteiger partial charge is 0.141 e. The third kappa shape index (κ3) is 2.73. The number of amidine groups is 1. The van der Waals surface area contributed by atoms with Crippen LogP contribution in [0.15, 0.2) is 53.7 Å². The van der Waals surface area contributed by atoms with E-state index >= 15 is 0 Å². The summed E-state index contributed by atoms with van der Waals surface area (Å²) in [6, 6.07) is 14.0. The number of nitrogens with zero attached hydrogens (tertiary/aromatic N) is 2. The first-order chi connectivity index (χ1) is 9.43. The van der Waals surface area contributed by atoms with Gasteiger partial charge in [-0.2, -0.15) is 0 Å². The predicted octanol–water partition coefficient (Wildman–Crippen LogP) is 2.57. The van der Waals surface area contributed by atoms with Crippen molar-refractivity contribution in [1.82, 2.24) is 10.3 Å². The van der Waals surface area contributed by atoms with Crippen LogP contribution in [0.3, 0.4) is 0 Å². The van der Waals surface area contributed by atoms with E-state index in [2.05, 4.69) is 20.6 Å². The molecular formula is C15H16N4. The van der Waals surface area contributed by atoms with Gasteiger partial charge in [-0.3, -0.25) is 4.99 Å². The van der Waals surface area contributed by atoms with E-state index < -0.39 is 0 Å². The quantitative estimate of drug-likeness (QED) is 0.882. The van der Waals surface area contributed by atoms with Crippen molar-refractivity contribution >= 4 is 17.3 Å². The van der Waals surface area contributed by atoms with Crippen LogP contribution in [-0.4, -0.2) is 23.9 Å². The molecule has 3 rings (SSSR count). The molecule has 4 heteroatoms. The Labute approximate surface area is 112 Å². The molecule has 0 atom stereocenters. The number of rotatable bonds is 3. The van der Waals surface area contributed by atoms with Gasteiger partial charge < -0.3 is 10.6 Å². The van der Waals surface area contributed by atoms with Gasteiger partial charge in [0.1, 0.15) is 11.7 Å². The monoisotopic (exact) mass is 252 g/mol. The lowest BCUT2D eigenvalue weighted by molar-refractivity contribution is 0.742. The molecule has 0 fully saturated rings. The highest BCUT2D eigenvalue weighted by Gasteiger charge is 2.12. The summed E-state index contributed by atoms with van der Waals surface area (Å²) in [5, 5.41) is 6.67. The van der Waals surface area contributed by atoms with Crippen molar-refractivity contribution in [3.63, 3.8) is 0 Å². The lowest BCUT2D eigenvalue weighted by Gasteiger charge is -2.17. The number of nitrogens with one attached hydrogen (secondary N) is 2. The van der Waals surface area contributed by atoms with E-state index in [9.17, 15) is 0 Å². The van der Waals surface area contributed by atoms with E-state index in [-0.39, 0.29) is 0 Å². The second kappa shape index (κ2) is 5.52. The molecular weight excluding hydrogens is 236 g/mol. The summed E-state index contributed by atoms with van der Waals surface area (Å²) in [6.07, 6.45) is 2.88. The maximum Gasteiger partial charge on any atom is 0.141 e. The highest BCUT2D eigenvalue weighted by Crippen LogP contribution is 2.18. The van der Waals surface area contributed by atoms with Crippen molar-refractivity contribution < 1.29 is 0 Å². The van der Waals surface area contributed by atoms with E-state index in [4.69, 9.17) is 0 Å². The summed E-state index contributed by atoms with van der Waals surface area (Å²) >= 11 is 0. The Morgan fingerprint density at radius 1 is 1.05 bits per heavy atom. The molecule has 0 bridgehead atoms. The highest BCUT2D eigenvalue weighted by molar-refractivity contribution is 6.03. The van der Waals surface area contributed by atoms with E-state index in [1.807, 2.05) is 42.5 Å². The fraction of sp³-hybridized carbons (Fsp3) is 0.200. The normalized spacial score (nSPS) is 14.4. The largest absolute Gasteiger partial charge is 0.370 e. The summed E-state index contributed by atoms with van der Waals surface area (Å²) in [6.45, 7) is 1.85. The standard InChI is InChI=1S/C15H16N4/c1-2-6-12(7-3-1)19-15-13(8-4-9-18-15)14-16-10-5-11-17-14/h1-4,6-9H,5,10-11H2,(H,16,17)(H,18,19). The summed E-state index contributed by atoms with van der Waals surface area (Å²) in [5.41, 5.74) is 2.05. The molecule has 0 saturated carbocycles. The summed E-state index contributed by atoms with van der Waals surface area (Å²) in [4.78, 5) is 8.94. The Kier molecular flexibility index (Phi) is 3.40. The zero-order valence-corrected chi connectivity index (χ0v) is 10.6. The fourth-order valence-electron chi connectivity index (χ4n) is 2.07. The van der Waals surface area contributed by atoms with Crippen LogP contribution in [0.2, 0.25) is 0 Å². The molecule has 2 heterocycles. The average Bonchev–Trinajstić information content (AvgIpc) is 2.50. The number of hydrogen-bond donors (Lipinski definition) is 2. The molecule has 96 valence electrons. The van der Waals surface area contributed by atoms with Crippen LogP contribution < -0.4 is 10.6 Å². The molecule has 0 saturated heterocycles. The van der Waals surface area contributed by atoms with Crippen LogP contribution in [0.5, 0.6) is 0 Å². The molecule has 0 amide bonds. The molecule has 0 radical (unpaired) electrons. The molecule has 2 N–H and O–H groups in total. The second-order valence-corrected chi connectivity index (χ2v) is 4.40. The summed E-state index contributed by atoms with van der Waals surface area (Å²) < 4.78 is 0. The molecule has 0 spiro atoms. The Bertz CT molecular complexity index is 578. The third-order valence-electron chi connectivity index (χ3n) is 3.00. The van der Waals surface area contributed by atoms with Gasteiger partial charge >= 0.3 is 0 Å². The van der Waals surface area contributed by atoms with Gasteiger partial charge in [-0.15, -0.1) is 0 Å². The van der Waals surface area contributed by atoms with E-state index in [0.717, 1.165) is 42.4 Å². The second-order valence-electron chi connectivity index (χ2n) is 4.40. The van der Waals surface area contributed by atoms with Gasteiger partial charge in [0.05, 0.1) is 5.56 Å².